The van der Waals surface area contributed by atoms with Crippen LogP contribution in [0.5, 0.6) is 0 Å². The molecule has 3 heterocycles. The molecule has 1 aliphatic rings. The fraction of sp³-hybridized carbons (Fsp3) is 0.467. The van der Waals surface area contributed by atoms with Crippen molar-refractivity contribution in [2.75, 3.05) is 6.54 Å². The van der Waals surface area contributed by atoms with Crippen LogP contribution in [-0.4, -0.2) is 37.9 Å². The summed E-state index contributed by atoms with van der Waals surface area (Å²) in [5.41, 5.74) is 1.71. The minimum absolute atomic E-state index is 0.402. The molecule has 1 fully saturated rings. The van der Waals surface area contributed by atoms with Crippen LogP contribution in [0.4, 0.5) is 0 Å². The van der Waals surface area contributed by atoms with Crippen molar-refractivity contribution in [1.82, 2.24) is 14.3 Å². The van der Waals surface area contributed by atoms with Crippen molar-refractivity contribution in [3.05, 3.63) is 35.2 Å². The lowest BCUT2D eigenvalue weighted by Crippen LogP contribution is -2.40. The molecular weight excluding hydrogens is 290 g/mol. The number of rotatable bonds is 3. The highest BCUT2D eigenvalue weighted by Gasteiger charge is 2.27. The van der Waals surface area contributed by atoms with Crippen LogP contribution in [0.3, 0.4) is 0 Å². The van der Waals surface area contributed by atoms with Crippen LogP contribution in [0.2, 0.25) is 5.02 Å². The monoisotopic (exact) mass is 307 g/mol. The topological polar surface area (TPSA) is 57.8 Å². The van der Waals surface area contributed by atoms with Crippen LogP contribution in [0, 0.1) is 0 Å². The van der Waals surface area contributed by atoms with E-state index in [0.29, 0.717) is 18.0 Å². The normalized spacial score (nSPS) is 20.5. The number of hydrogen-bond acceptors (Lipinski definition) is 3. The predicted octanol–water partition coefficient (Wildman–Crippen LogP) is 2.82. The van der Waals surface area contributed by atoms with Gasteiger partial charge in [-0.15, -0.1) is 0 Å². The lowest BCUT2D eigenvalue weighted by atomic mass is 10.1. The van der Waals surface area contributed by atoms with Gasteiger partial charge in [0.05, 0.1) is 10.7 Å². The highest BCUT2D eigenvalue weighted by molar-refractivity contribution is 6.30. The Labute approximate surface area is 128 Å². The number of fused-ring (bicyclic) bond motifs is 1. The van der Waals surface area contributed by atoms with Gasteiger partial charge in [-0.05, 0) is 31.5 Å². The summed E-state index contributed by atoms with van der Waals surface area (Å²) in [6.45, 7) is 1.38. The average Bonchev–Trinajstić information content (AvgIpc) is 2.66. The van der Waals surface area contributed by atoms with Crippen molar-refractivity contribution in [2.45, 2.75) is 38.3 Å². The van der Waals surface area contributed by atoms with Gasteiger partial charge in [0.2, 0.25) is 0 Å². The minimum atomic E-state index is -0.733. The number of halogens is 1. The van der Waals surface area contributed by atoms with E-state index in [1.54, 1.807) is 6.07 Å². The third kappa shape index (κ3) is 3.19. The predicted molar refractivity (Wildman–Crippen MR) is 80.5 cm³/mol. The summed E-state index contributed by atoms with van der Waals surface area (Å²) in [6.07, 6.45) is 7.57. The van der Waals surface area contributed by atoms with Crippen LogP contribution in [0.25, 0.3) is 5.65 Å². The molecule has 112 valence electrons. The molecule has 1 saturated heterocycles. The van der Waals surface area contributed by atoms with E-state index in [9.17, 15) is 9.90 Å². The largest absolute Gasteiger partial charge is 0.480 e. The molecular formula is C15H18ClN3O2. The maximum absolute atomic E-state index is 11.4. The lowest BCUT2D eigenvalue weighted by Gasteiger charge is -2.25. The number of aromatic nitrogens is 2. The first kappa shape index (κ1) is 14.4. The van der Waals surface area contributed by atoms with Crippen LogP contribution in [0.15, 0.2) is 24.5 Å². The number of hydrogen-bond donors (Lipinski definition) is 1. The van der Waals surface area contributed by atoms with E-state index < -0.39 is 12.0 Å². The van der Waals surface area contributed by atoms with Gasteiger partial charge in [0, 0.05) is 18.9 Å². The van der Waals surface area contributed by atoms with E-state index in [1.807, 2.05) is 27.8 Å². The van der Waals surface area contributed by atoms with Gasteiger partial charge in [0.25, 0.3) is 0 Å². The molecule has 0 radical (unpaired) electrons. The first-order chi connectivity index (χ1) is 10.1. The molecule has 6 heteroatoms. The van der Waals surface area contributed by atoms with Gasteiger partial charge in [-0.25, -0.2) is 4.98 Å². The summed E-state index contributed by atoms with van der Waals surface area (Å²) in [6, 6.07) is 3.27. The molecule has 5 nitrogen and oxygen atoms in total. The van der Waals surface area contributed by atoms with Crippen LogP contribution in [-0.2, 0) is 11.3 Å². The molecule has 1 aliphatic heterocycles. The van der Waals surface area contributed by atoms with Crippen LogP contribution in [0.1, 0.15) is 31.4 Å². The van der Waals surface area contributed by atoms with Crippen molar-refractivity contribution in [2.24, 2.45) is 0 Å². The molecule has 0 saturated carbocycles. The van der Waals surface area contributed by atoms with E-state index in [4.69, 9.17) is 11.6 Å². The smallest absolute Gasteiger partial charge is 0.320 e. The second-order valence-electron chi connectivity index (χ2n) is 5.52. The number of nitrogens with zero attached hydrogens (tertiary/aromatic N) is 3. The Bertz CT molecular complexity index is 655. The van der Waals surface area contributed by atoms with Crippen molar-refractivity contribution >= 4 is 23.2 Å². The maximum Gasteiger partial charge on any atom is 0.320 e. The van der Waals surface area contributed by atoms with E-state index in [-0.39, 0.29) is 0 Å². The van der Waals surface area contributed by atoms with E-state index in [2.05, 4.69) is 4.98 Å². The lowest BCUT2D eigenvalue weighted by molar-refractivity contribution is -0.143. The molecule has 0 amide bonds. The van der Waals surface area contributed by atoms with E-state index in [0.717, 1.165) is 37.1 Å². The van der Waals surface area contributed by atoms with Crippen molar-refractivity contribution in [3.63, 3.8) is 0 Å². The van der Waals surface area contributed by atoms with Gasteiger partial charge >= 0.3 is 5.97 Å². The van der Waals surface area contributed by atoms with Gasteiger partial charge in [-0.2, -0.15) is 0 Å². The Morgan fingerprint density at radius 2 is 2.19 bits per heavy atom. The molecule has 1 atom stereocenters. The first-order valence-electron chi connectivity index (χ1n) is 7.23. The number of carboxylic acids is 1. The minimum Gasteiger partial charge on any atom is -0.480 e. The first-order valence-corrected chi connectivity index (χ1v) is 7.61. The quantitative estimate of drug-likeness (QED) is 0.947. The Morgan fingerprint density at radius 1 is 1.33 bits per heavy atom. The van der Waals surface area contributed by atoms with Crippen LogP contribution >= 0.6 is 11.6 Å². The SMILES string of the molecule is O=C(O)C1CCCCCN1Cc1cn2cc(Cl)ccc2n1. The van der Waals surface area contributed by atoms with Crippen LogP contribution < -0.4 is 0 Å². The van der Waals surface area contributed by atoms with Gasteiger partial charge in [-0.1, -0.05) is 24.4 Å². The Hall–Kier alpha value is -1.59. The molecule has 2 aromatic heterocycles. The van der Waals surface area contributed by atoms with Crippen molar-refractivity contribution in [1.29, 1.82) is 0 Å². The molecule has 2 aromatic rings. The molecule has 0 aliphatic carbocycles. The fourth-order valence-electron chi connectivity index (χ4n) is 2.94. The van der Waals surface area contributed by atoms with Crippen molar-refractivity contribution < 1.29 is 9.90 Å². The zero-order valence-electron chi connectivity index (χ0n) is 11.7. The number of pyridine rings is 1. The molecule has 1 N–H and O–H groups in total. The molecule has 1 unspecified atom stereocenters. The molecule has 3 rings (SSSR count). The van der Waals surface area contributed by atoms with Crippen molar-refractivity contribution in [3.8, 4) is 0 Å². The third-order valence-electron chi connectivity index (χ3n) is 3.98. The zero-order chi connectivity index (χ0) is 14.8. The van der Waals surface area contributed by atoms with Gasteiger partial charge < -0.3 is 9.51 Å². The number of carbonyl (C=O) groups is 1. The second kappa shape index (κ2) is 6.03. The van der Waals surface area contributed by atoms with Gasteiger partial charge in [0.1, 0.15) is 11.7 Å². The standard InChI is InChI=1S/C15H18ClN3O2/c16-11-5-6-14-17-12(10-19(14)8-11)9-18-7-3-1-2-4-13(18)15(20)21/h5-6,8,10,13H,1-4,7,9H2,(H,20,21). The summed E-state index contributed by atoms with van der Waals surface area (Å²) in [5.74, 6) is -0.733. The van der Waals surface area contributed by atoms with Gasteiger partial charge in [-0.3, -0.25) is 9.69 Å². The summed E-state index contributed by atoms with van der Waals surface area (Å²) in [4.78, 5) is 18.0. The van der Waals surface area contributed by atoms with Gasteiger partial charge in [0.15, 0.2) is 0 Å². The zero-order valence-corrected chi connectivity index (χ0v) is 12.5. The number of carboxylic acid groups (broad SMARTS) is 1. The summed E-state index contributed by atoms with van der Waals surface area (Å²) in [7, 11) is 0. The highest BCUT2D eigenvalue weighted by Crippen LogP contribution is 2.20. The number of aliphatic carboxylic acids is 1. The highest BCUT2D eigenvalue weighted by atomic mass is 35.5. The molecule has 0 spiro atoms. The van der Waals surface area contributed by atoms with E-state index >= 15 is 0 Å². The molecule has 0 bridgehead atoms. The molecule has 0 aromatic carbocycles. The number of imidazole rings is 1. The Kier molecular flexibility index (Phi) is 4.12. The fourth-order valence-corrected chi connectivity index (χ4v) is 3.11. The number of likely N-dealkylation sites (tertiary alicyclic amines) is 1. The maximum atomic E-state index is 11.4. The summed E-state index contributed by atoms with van der Waals surface area (Å²) < 4.78 is 1.88. The second-order valence-corrected chi connectivity index (χ2v) is 5.96. The third-order valence-corrected chi connectivity index (χ3v) is 4.20. The Morgan fingerprint density at radius 3 is 3.00 bits per heavy atom. The molecule has 21 heavy (non-hydrogen) atoms. The van der Waals surface area contributed by atoms with E-state index in [1.165, 1.54) is 0 Å². The summed E-state index contributed by atoms with van der Waals surface area (Å²) in [5, 5.41) is 10.1. The summed E-state index contributed by atoms with van der Waals surface area (Å²) >= 11 is 5.97. The average molecular weight is 308 g/mol. The Balaban J connectivity index is 1.83.